The van der Waals surface area contributed by atoms with Crippen LogP contribution in [0, 0.1) is 0 Å². The second-order valence-electron chi connectivity index (χ2n) is 9.73. The van der Waals surface area contributed by atoms with Gasteiger partial charge in [-0.25, -0.2) is 0 Å². The van der Waals surface area contributed by atoms with E-state index < -0.39 is 0 Å². The molecule has 1 N–H and O–H groups in total. The molecule has 2 bridgehead atoms. The third-order valence-corrected chi connectivity index (χ3v) is 8.20. The van der Waals surface area contributed by atoms with Crippen molar-refractivity contribution in [2.45, 2.75) is 50.5 Å². The van der Waals surface area contributed by atoms with Gasteiger partial charge in [-0.05, 0) is 54.5 Å². The number of hydrogen-bond donors (Lipinski definition) is 1. The minimum absolute atomic E-state index is 0.0335. The molecule has 152 valence electrons. The maximum atomic E-state index is 13.2. The second kappa shape index (κ2) is 5.20. The molecule has 4 heteroatoms. The Morgan fingerprint density at radius 3 is 2.87 bits per heavy atom. The zero-order valence-electron chi connectivity index (χ0n) is 17.4. The molecule has 0 saturated carbocycles. The summed E-state index contributed by atoms with van der Waals surface area (Å²) in [5.41, 5.74) is 9.28. The van der Waals surface area contributed by atoms with Crippen molar-refractivity contribution in [3.05, 3.63) is 70.8 Å². The van der Waals surface area contributed by atoms with Gasteiger partial charge in [-0.2, -0.15) is 0 Å². The number of rotatable bonds is 0. The van der Waals surface area contributed by atoms with E-state index in [1.54, 1.807) is 0 Å². The van der Waals surface area contributed by atoms with Crippen LogP contribution in [0.15, 0.2) is 48.5 Å². The number of carbonyl (C=O) groups is 1. The molecule has 0 unspecified atom stereocenters. The first-order valence-electron chi connectivity index (χ1n) is 11.3. The highest BCUT2D eigenvalue weighted by Crippen LogP contribution is 2.61. The largest absolute Gasteiger partial charge is 0.351 e. The van der Waals surface area contributed by atoms with E-state index >= 15 is 0 Å². The Morgan fingerprint density at radius 1 is 1.10 bits per heavy atom. The average molecular weight is 406 g/mol. The summed E-state index contributed by atoms with van der Waals surface area (Å²) in [4.78, 5) is 13.2. The number of carbonyl (C=O) groups excluding carboxylic acids is 1. The molecule has 1 amide bonds. The number of nitrogens with one attached hydrogen (secondary N) is 1. The van der Waals surface area contributed by atoms with Gasteiger partial charge in [-0.1, -0.05) is 42.5 Å². The molecule has 1 saturated heterocycles. The fourth-order valence-electron chi connectivity index (χ4n) is 7.12. The Morgan fingerprint density at radius 2 is 1.94 bits per heavy atom. The van der Waals surface area contributed by atoms with Crippen molar-refractivity contribution in [1.29, 1.82) is 0 Å². The van der Waals surface area contributed by atoms with Gasteiger partial charge in [0.25, 0.3) is 5.91 Å². The number of hydrogen-bond acceptors (Lipinski definition) is 2. The molecule has 4 heterocycles. The molecule has 3 aliphatic heterocycles. The predicted molar refractivity (Wildman–Crippen MR) is 120 cm³/mol. The number of ether oxygens (including phenoxy) is 1. The third kappa shape index (κ3) is 1.74. The smallest absolute Gasteiger partial charge is 0.252 e. The minimum atomic E-state index is -0.277. The van der Waals surface area contributed by atoms with Gasteiger partial charge >= 0.3 is 0 Å². The zero-order chi connectivity index (χ0) is 20.5. The van der Waals surface area contributed by atoms with Crippen LogP contribution in [0.1, 0.15) is 65.4 Å². The summed E-state index contributed by atoms with van der Waals surface area (Å²) in [5, 5.41) is 5.63. The van der Waals surface area contributed by atoms with Gasteiger partial charge in [0.05, 0.1) is 22.2 Å². The first kappa shape index (κ1) is 16.6. The minimum Gasteiger partial charge on any atom is -0.351 e. The molecule has 0 radical (unpaired) electrons. The van der Waals surface area contributed by atoms with Crippen LogP contribution < -0.4 is 5.32 Å². The van der Waals surface area contributed by atoms with Crippen molar-refractivity contribution in [3.8, 4) is 11.1 Å². The number of amides is 1. The van der Waals surface area contributed by atoms with Crippen LogP contribution in [-0.2, 0) is 11.3 Å². The van der Waals surface area contributed by atoms with Crippen LogP contribution >= 0.6 is 0 Å². The van der Waals surface area contributed by atoms with Crippen LogP contribution in [0.4, 0.5) is 0 Å². The molecule has 0 spiro atoms. The Labute approximate surface area is 179 Å². The highest BCUT2D eigenvalue weighted by Gasteiger charge is 2.52. The quantitative estimate of drug-likeness (QED) is 0.412. The molecule has 4 aliphatic rings. The normalized spacial score (nSPS) is 27.3. The fraction of sp³-hybridized carbons (Fsp3) is 0.296. The Kier molecular flexibility index (Phi) is 2.78. The second-order valence-corrected chi connectivity index (χ2v) is 9.73. The van der Waals surface area contributed by atoms with Crippen molar-refractivity contribution >= 4 is 27.7 Å². The third-order valence-electron chi connectivity index (χ3n) is 8.20. The van der Waals surface area contributed by atoms with Gasteiger partial charge < -0.3 is 14.6 Å². The molecule has 8 rings (SSSR count). The highest BCUT2D eigenvalue weighted by molar-refractivity contribution is 6.20. The molecule has 31 heavy (non-hydrogen) atoms. The standard InChI is InChI=1S/C27H22N2O2/c1-27-12-6-11-19(31-27)29-18-10-5-4-9-16(18)20-17-13-28-26(30)22(17)21-14-7-2-3-8-15(14)24(27)23(21)25(20)29/h2-5,7-10,19,24H,6,11-13H2,1H3,(H,28,30)/t19-,24+,27+/m1/s1. The summed E-state index contributed by atoms with van der Waals surface area (Å²) in [6.45, 7) is 2.89. The molecule has 4 nitrogen and oxygen atoms in total. The lowest BCUT2D eigenvalue weighted by Gasteiger charge is -2.41. The van der Waals surface area contributed by atoms with E-state index in [1.165, 1.54) is 38.5 Å². The van der Waals surface area contributed by atoms with E-state index in [-0.39, 0.29) is 23.7 Å². The highest BCUT2D eigenvalue weighted by atomic mass is 16.5. The van der Waals surface area contributed by atoms with E-state index in [0.29, 0.717) is 6.54 Å². The lowest BCUT2D eigenvalue weighted by atomic mass is 9.76. The fourth-order valence-corrected chi connectivity index (χ4v) is 7.12. The van der Waals surface area contributed by atoms with Crippen molar-refractivity contribution in [2.75, 3.05) is 0 Å². The van der Waals surface area contributed by atoms with Gasteiger partial charge in [-0.15, -0.1) is 0 Å². The molecule has 3 atom stereocenters. The van der Waals surface area contributed by atoms with Crippen molar-refractivity contribution in [2.24, 2.45) is 0 Å². The molecule has 1 aliphatic carbocycles. The molecular formula is C27H22N2O2. The molecule has 4 aromatic rings. The SMILES string of the molecule is C[C@@]12CCC[C@@H](O1)n1c3ccccc3c3c4c(c5c(c31)[C@@H]2c1ccccc1-5)C(=O)NC4. The van der Waals surface area contributed by atoms with E-state index in [1.807, 2.05) is 0 Å². The number of fused-ring (bicyclic) bond motifs is 13. The Hall–Kier alpha value is -3.11. The monoisotopic (exact) mass is 406 g/mol. The van der Waals surface area contributed by atoms with Gasteiger partial charge in [0.1, 0.15) is 6.23 Å². The first-order chi connectivity index (χ1) is 15.2. The van der Waals surface area contributed by atoms with Gasteiger partial charge in [0.2, 0.25) is 0 Å². The number of benzene rings is 3. The number of aromatic nitrogens is 1. The van der Waals surface area contributed by atoms with Crippen molar-refractivity contribution in [1.82, 2.24) is 9.88 Å². The van der Waals surface area contributed by atoms with Crippen LogP contribution in [0.3, 0.4) is 0 Å². The van der Waals surface area contributed by atoms with Crippen LogP contribution in [0.5, 0.6) is 0 Å². The lowest BCUT2D eigenvalue weighted by molar-refractivity contribution is -0.150. The van der Waals surface area contributed by atoms with E-state index in [0.717, 1.165) is 36.0 Å². The van der Waals surface area contributed by atoms with Crippen LogP contribution in [0.25, 0.3) is 32.9 Å². The van der Waals surface area contributed by atoms with Gasteiger partial charge in [0.15, 0.2) is 0 Å². The molecular weight excluding hydrogens is 384 g/mol. The van der Waals surface area contributed by atoms with Crippen molar-refractivity contribution < 1.29 is 9.53 Å². The summed E-state index contributed by atoms with van der Waals surface area (Å²) in [6, 6.07) is 17.3. The summed E-state index contributed by atoms with van der Waals surface area (Å²) in [6.07, 6.45) is 3.25. The summed E-state index contributed by atoms with van der Waals surface area (Å²) in [5.74, 6) is 0.210. The van der Waals surface area contributed by atoms with E-state index in [2.05, 4.69) is 65.3 Å². The predicted octanol–water partition coefficient (Wildman–Crippen LogP) is 5.62. The topological polar surface area (TPSA) is 43.3 Å². The first-order valence-corrected chi connectivity index (χ1v) is 11.3. The summed E-state index contributed by atoms with van der Waals surface area (Å²) >= 11 is 0. The Balaban J connectivity index is 1.70. The Bertz CT molecular complexity index is 1500. The number of nitrogens with zero attached hydrogens (tertiary/aromatic N) is 1. The van der Waals surface area contributed by atoms with Crippen LogP contribution in [0.2, 0.25) is 0 Å². The maximum Gasteiger partial charge on any atom is 0.252 e. The van der Waals surface area contributed by atoms with Gasteiger partial charge in [-0.3, -0.25) is 4.79 Å². The summed E-state index contributed by atoms with van der Waals surface area (Å²) in [7, 11) is 0. The van der Waals surface area contributed by atoms with Crippen LogP contribution in [-0.4, -0.2) is 16.1 Å². The molecule has 3 aromatic carbocycles. The average Bonchev–Trinajstić information content (AvgIpc) is 3.41. The maximum absolute atomic E-state index is 13.2. The lowest BCUT2D eigenvalue weighted by Crippen LogP contribution is -2.40. The van der Waals surface area contributed by atoms with Crippen molar-refractivity contribution in [3.63, 3.8) is 0 Å². The zero-order valence-corrected chi connectivity index (χ0v) is 17.4. The van der Waals surface area contributed by atoms with E-state index in [9.17, 15) is 4.79 Å². The van der Waals surface area contributed by atoms with E-state index in [4.69, 9.17) is 4.74 Å². The van der Waals surface area contributed by atoms with Gasteiger partial charge in [0, 0.05) is 28.8 Å². The number of para-hydroxylation sites is 1. The summed E-state index contributed by atoms with van der Waals surface area (Å²) < 4.78 is 9.46. The molecule has 1 fully saturated rings. The molecule has 1 aromatic heterocycles.